The van der Waals surface area contributed by atoms with Crippen molar-refractivity contribution in [3.8, 4) is 0 Å². The van der Waals surface area contributed by atoms with Crippen molar-refractivity contribution in [3.63, 3.8) is 0 Å². The summed E-state index contributed by atoms with van der Waals surface area (Å²) in [7, 11) is -4.00. The summed E-state index contributed by atoms with van der Waals surface area (Å²) >= 11 is 5.99. The van der Waals surface area contributed by atoms with Gasteiger partial charge in [0.2, 0.25) is 15.9 Å². The molecule has 1 heterocycles. The smallest absolute Gasteiger partial charge is 0.246 e. The third-order valence-electron chi connectivity index (χ3n) is 4.83. The second-order valence-corrected chi connectivity index (χ2v) is 8.74. The first-order valence-electron chi connectivity index (χ1n) is 7.72. The van der Waals surface area contributed by atoms with E-state index in [1.807, 2.05) is 0 Å². The van der Waals surface area contributed by atoms with E-state index in [4.69, 9.17) is 17.3 Å². The number of benzene rings is 1. The Morgan fingerprint density at radius 3 is 2.71 bits per heavy atom. The highest BCUT2D eigenvalue weighted by molar-refractivity contribution is 7.89. The van der Waals surface area contributed by atoms with E-state index in [1.54, 1.807) is 0 Å². The van der Waals surface area contributed by atoms with Gasteiger partial charge in [-0.15, -0.1) is 0 Å². The van der Waals surface area contributed by atoms with Crippen molar-refractivity contribution in [1.82, 2.24) is 4.31 Å². The zero-order chi connectivity index (χ0) is 17.6. The van der Waals surface area contributed by atoms with Gasteiger partial charge in [0, 0.05) is 32.1 Å². The van der Waals surface area contributed by atoms with Crippen molar-refractivity contribution >= 4 is 33.2 Å². The minimum Gasteiger partial charge on any atom is -0.327 e. The van der Waals surface area contributed by atoms with Gasteiger partial charge in [-0.25, -0.2) is 12.8 Å². The van der Waals surface area contributed by atoms with Crippen LogP contribution in [0.1, 0.15) is 19.8 Å². The van der Waals surface area contributed by atoms with E-state index in [0.29, 0.717) is 13.1 Å². The standard InChI is InChI=1S/C15H19ClFN3O3S/c1-8(21)19-14-5-12(17)15(4-11(14)16)24(22,23)20-6-9-2-3-13(18)10(9)7-20/h4-5,9-10,13H,2-3,6-7,18H2,1H3,(H,19,21). The molecule has 132 valence electrons. The molecule has 6 nitrogen and oxygen atoms in total. The maximum absolute atomic E-state index is 14.4. The minimum atomic E-state index is -4.00. The number of sulfonamides is 1. The number of amides is 1. The lowest BCUT2D eigenvalue weighted by Gasteiger charge is -2.19. The molecule has 3 atom stereocenters. The normalized spacial score (nSPS) is 27.2. The Bertz CT molecular complexity index is 786. The summed E-state index contributed by atoms with van der Waals surface area (Å²) in [6.07, 6.45) is 1.79. The van der Waals surface area contributed by atoms with Crippen LogP contribution in [0.15, 0.2) is 17.0 Å². The molecule has 1 aromatic carbocycles. The molecular formula is C15H19ClFN3O3S. The van der Waals surface area contributed by atoms with E-state index in [1.165, 1.54) is 11.2 Å². The van der Waals surface area contributed by atoms with E-state index < -0.39 is 26.6 Å². The number of carbonyl (C=O) groups excluding carboxylic acids is 1. The monoisotopic (exact) mass is 375 g/mol. The highest BCUT2D eigenvalue weighted by Crippen LogP contribution is 2.40. The first-order valence-corrected chi connectivity index (χ1v) is 9.54. The van der Waals surface area contributed by atoms with Crippen LogP contribution in [0.4, 0.5) is 10.1 Å². The van der Waals surface area contributed by atoms with Crippen molar-refractivity contribution < 1.29 is 17.6 Å². The molecule has 0 bridgehead atoms. The van der Waals surface area contributed by atoms with E-state index in [9.17, 15) is 17.6 Å². The third-order valence-corrected chi connectivity index (χ3v) is 6.99. The van der Waals surface area contributed by atoms with E-state index >= 15 is 0 Å². The van der Waals surface area contributed by atoms with Gasteiger partial charge >= 0.3 is 0 Å². The Morgan fingerprint density at radius 1 is 1.38 bits per heavy atom. The summed E-state index contributed by atoms with van der Waals surface area (Å²) in [6.45, 7) is 1.91. The zero-order valence-electron chi connectivity index (χ0n) is 13.1. The van der Waals surface area contributed by atoms with Crippen molar-refractivity contribution in [2.45, 2.75) is 30.7 Å². The molecule has 24 heavy (non-hydrogen) atoms. The molecule has 1 aliphatic carbocycles. The van der Waals surface area contributed by atoms with E-state index in [0.717, 1.165) is 25.0 Å². The van der Waals surface area contributed by atoms with E-state index in [2.05, 4.69) is 5.32 Å². The SMILES string of the molecule is CC(=O)Nc1cc(F)c(S(=O)(=O)N2CC3CCC(N)C3C2)cc1Cl. The third kappa shape index (κ3) is 3.03. The van der Waals surface area contributed by atoms with Gasteiger partial charge in [-0.1, -0.05) is 11.6 Å². The molecule has 3 N–H and O–H groups in total. The molecule has 0 aromatic heterocycles. The largest absolute Gasteiger partial charge is 0.327 e. The highest BCUT2D eigenvalue weighted by atomic mass is 35.5. The summed E-state index contributed by atoms with van der Waals surface area (Å²) in [4.78, 5) is 10.6. The fourth-order valence-electron chi connectivity index (χ4n) is 3.61. The van der Waals surface area contributed by atoms with Crippen LogP contribution in [-0.4, -0.2) is 37.8 Å². The van der Waals surface area contributed by atoms with Crippen LogP contribution in [-0.2, 0) is 14.8 Å². The molecule has 0 radical (unpaired) electrons. The molecule has 2 fully saturated rings. The van der Waals surface area contributed by atoms with Crippen LogP contribution in [0, 0.1) is 17.7 Å². The van der Waals surface area contributed by atoms with Crippen LogP contribution in [0.2, 0.25) is 5.02 Å². The van der Waals surface area contributed by atoms with Crippen LogP contribution in [0.25, 0.3) is 0 Å². The lowest BCUT2D eigenvalue weighted by Crippen LogP contribution is -2.34. The maximum Gasteiger partial charge on any atom is 0.246 e. The number of rotatable bonds is 3. The van der Waals surface area contributed by atoms with Crippen molar-refractivity contribution in [2.75, 3.05) is 18.4 Å². The number of nitrogens with zero attached hydrogens (tertiary/aromatic N) is 1. The molecule has 9 heteroatoms. The average molecular weight is 376 g/mol. The Labute approximate surface area is 145 Å². The Morgan fingerprint density at radius 2 is 2.08 bits per heavy atom. The molecule has 1 saturated heterocycles. The van der Waals surface area contributed by atoms with Crippen molar-refractivity contribution in [1.29, 1.82) is 0 Å². The van der Waals surface area contributed by atoms with Crippen molar-refractivity contribution in [2.24, 2.45) is 17.6 Å². The summed E-state index contributed by atoms with van der Waals surface area (Å²) in [5, 5.41) is 2.34. The first-order chi connectivity index (χ1) is 11.2. The first kappa shape index (κ1) is 17.6. The lowest BCUT2D eigenvalue weighted by molar-refractivity contribution is -0.114. The van der Waals surface area contributed by atoms with Gasteiger partial charge in [0.25, 0.3) is 0 Å². The second kappa shape index (κ2) is 6.25. The van der Waals surface area contributed by atoms with Gasteiger partial charge in [-0.2, -0.15) is 4.31 Å². The Balaban J connectivity index is 1.90. The summed E-state index contributed by atoms with van der Waals surface area (Å²) in [5.74, 6) is -1.01. The van der Waals surface area contributed by atoms with Gasteiger partial charge in [0.05, 0.1) is 10.7 Å². The van der Waals surface area contributed by atoms with Crippen LogP contribution in [0.5, 0.6) is 0 Å². The zero-order valence-corrected chi connectivity index (χ0v) is 14.7. The quantitative estimate of drug-likeness (QED) is 0.842. The number of hydrogen-bond acceptors (Lipinski definition) is 4. The van der Waals surface area contributed by atoms with Crippen LogP contribution >= 0.6 is 11.6 Å². The fraction of sp³-hybridized carbons (Fsp3) is 0.533. The number of nitrogens with one attached hydrogen (secondary N) is 1. The predicted octanol–water partition coefficient (Wildman–Crippen LogP) is 1.80. The molecule has 1 aromatic rings. The maximum atomic E-state index is 14.4. The van der Waals surface area contributed by atoms with Crippen LogP contribution < -0.4 is 11.1 Å². The second-order valence-electron chi connectivity index (χ2n) is 6.43. The number of anilines is 1. The van der Waals surface area contributed by atoms with Crippen LogP contribution in [0.3, 0.4) is 0 Å². The molecule has 1 aliphatic heterocycles. The number of carbonyl (C=O) groups is 1. The fourth-order valence-corrected chi connectivity index (χ4v) is 5.50. The van der Waals surface area contributed by atoms with Crippen molar-refractivity contribution in [3.05, 3.63) is 23.0 Å². The van der Waals surface area contributed by atoms with Gasteiger partial charge in [0.15, 0.2) is 0 Å². The number of fused-ring (bicyclic) bond motifs is 1. The topological polar surface area (TPSA) is 92.5 Å². The molecule has 3 rings (SSSR count). The average Bonchev–Trinajstić information content (AvgIpc) is 3.05. The van der Waals surface area contributed by atoms with E-state index in [-0.39, 0.29) is 28.6 Å². The molecular weight excluding hydrogens is 357 g/mol. The van der Waals surface area contributed by atoms with Gasteiger partial charge in [-0.05, 0) is 30.7 Å². The van der Waals surface area contributed by atoms with Gasteiger partial charge in [0.1, 0.15) is 10.7 Å². The summed E-state index contributed by atoms with van der Waals surface area (Å²) in [5.41, 5.74) is 6.07. The number of hydrogen-bond donors (Lipinski definition) is 2. The summed E-state index contributed by atoms with van der Waals surface area (Å²) < 4.78 is 41.2. The molecule has 1 saturated carbocycles. The molecule has 3 unspecified atom stereocenters. The Kier molecular flexibility index (Phi) is 4.59. The number of halogens is 2. The minimum absolute atomic E-state index is 0.00854. The van der Waals surface area contributed by atoms with Gasteiger partial charge < -0.3 is 11.1 Å². The highest BCUT2D eigenvalue weighted by Gasteiger charge is 2.45. The summed E-state index contributed by atoms with van der Waals surface area (Å²) in [6, 6.07) is 1.97. The Hall–Kier alpha value is -1.22. The lowest BCUT2D eigenvalue weighted by atomic mass is 9.98. The predicted molar refractivity (Wildman–Crippen MR) is 88.7 cm³/mol. The number of nitrogens with two attached hydrogens (primary N) is 1. The van der Waals surface area contributed by atoms with Gasteiger partial charge in [-0.3, -0.25) is 4.79 Å². The molecule has 1 amide bonds. The molecule has 2 aliphatic rings. The molecule has 0 spiro atoms.